The van der Waals surface area contributed by atoms with Crippen LogP contribution in [0.4, 0.5) is 5.69 Å². The quantitative estimate of drug-likeness (QED) is 0.758. The fraction of sp³-hybridized carbons (Fsp3) is 0.385. The Balaban J connectivity index is 1.84. The van der Waals surface area contributed by atoms with E-state index in [1.54, 1.807) is 18.2 Å². The predicted octanol–water partition coefficient (Wildman–Crippen LogP) is 1.20. The summed E-state index contributed by atoms with van der Waals surface area (Å²) in [5.74, 6) is -0.557. The van der Waals surface area contributed by atoms with Gasteiger partial charge in [-0.1, -0.05) is 0 Å². The molecule has 0 spiro atoms. The monoisotopic (exact) mass is 261 g/mol. The molecule has 1 amide bonds. The first-order valence-electron chi connectivity index (χ1n) is 6.26. The van der Waals surface area contributed by atoms with Crippen molar-refractivity contribution in [2.24, 2.45) is 0 Å². The molecule has 0 radical (unpaired) electrons. The summed E-state index contributed by atoms with van der Waals surface area (Å²) in [6, 6.07) is 5.07. The molecule has 100 valence electrons. The molecule has 6 nitrogen and oxygen atoms in total. The van der Waals surface area contributed by atoms with E-state index in [-0.39, 0.29) is 5.91 Å². The van der Waals surface area contributed by atoms with Crippen LogP contribution in [0.15, 0.2) is 27.4 Å². The first kappa shape index (κ1) is 12.0. The summed E-state index contributed by atoms with van der Waals surface area (Å²) in [6.07, 6.45) is 1.82. The van der Waals surface area contributed by atoms with E-state index in [0.29, 0.717) is 16.8 Å². The van der Waals surface area contributed by atoms with Gasteiger partial charge in [-0.15, -0.1) is 0 Å². The third-order valence-electron chi connectivity index (χ3n) is 3.55. The molecule has 0 saturated carbocycles. The average molecular weight is 261 g/mol. The van der Waals surface area contributed by atoms with Gasteiger partial charge in [0.05, 0.1) is 11.1 Å². The standard InChI is InChI=1S/C13H15N3O3/c1-13(5-2-6-14-13)11(17)15-8-3-4-10-9(7-8)16-12(18)19-10/h3-4,7,14H,2,5-6H2,1H3,(H,15,17)(H,16,18). The van der Waals surface area contributed by atoms with E-state index in [2.05, 4.69) is 15.6 Å². The normalized spacial score (nSPS) is 22.8. The van der Waals surface area contributed by atoms with Crippen molar-refractivity contribution in [1.29, 1.82) is 0 Å². The van der Waals surface area contributed by atoms with E-state index in [1.807, 2.05) is 6.92 Å². The van der Waals surface area contributed by atoms with Crippen molar-refractivity contribution in [1.82, 2.24) is 10.3 Å². The van der Waals surface area contributed by atoms with Crippen LogP contribution in [-0.4, -0.2) is 23.0 Å². The number of rotatable bonds is 2. The molecule has 1 aromatic heterocycles. The highest BCUT2D eigenvalue weighted by Crippen LogP contribution is 2.22. The molecular weight excluding hydrogens is 246 g/mol. The number of oxazole rings is 1. The van der Waals surface area contributed by atoms with Gasteiger partial charge < -0.3 is 15.1 Å². The average Bonchev–Trinajstić information content (AvgIpc) is 2.95. The molecule has 1 atom stereocenters. The Morgan fingerprint density at radius 3 is 3.05 bits per heavy atom. The Kier molecular flexibility index (Phi) is 2.67. The first-order valence-corrected chi connectivity index (χ1v) is 6.26. The van der Waals surface area contributed by atoms with Gasteiger partial charge in [0.2, 0.25) is 5.91 Å². The lowest BCUT2D eigenvalue weighted by molar-refractivity contribution is -0.121. The summed E-state index contributed by atoms with van der Waals surface area (Å²) in [5, 5.41) is 6.07. The van der Waals surface area contributed by atoms with Gasteiger partial charge in [0.1, 0.15) is 0 Å². The number of hydrogen-bond donors (Lipinski definition) is 3. The van der Waals surface area contributed by atoms with Crippen molar-refractivity contribution in [3.05, 3.63) is 28.7 Å². The van der Waals surface area contributed by atoms with Gasteiger partial charge in [0.25, 0.3) is 0 Å². The zero-order chi connectivity index (χ0) is 13.5. The van der Waals surface area contributed by atoms with Crippen LogP contribution in [-0.2, 0) is 4.79 Å². The zero-order valence-corrected chi connectivity index (χ0v) is 10.6. The Morgan fingerprint density at radius 1 is 1.47 bits per heavy atom. The number of anilines is 1. The number of benzene rings is 1. The van der Waals surface area contributed by atoms with Crippen LogP contribution in [0.5, 0.6) is 0 Å². The highest BCUT2D eigenvalue weighted by molar-refractivity contribution is 5.99. The number of aromatic amines is 1. The van der Waals surface area contributed by atoms with Gasteiger partial charge in [-0.05, 0) is 44.5 Å². The molecule has 1 saturated heterocycles. The summed E-state index contributed by atoms with van der Waals surface area (Å²) in [7, 11) is 0. The molecule has 2 aromatic rings. The lowest BCUT2D eigenvalue weighted by Crippen LogP contribution is -2.47. The molecule has 3 rings (SSSR count). The highest BCUT2D eigenvalue weighted by Gasteiger charge is 2.35. The maximum absolute atomic E-state index is 12.2. The maximum atomic E-state index is 12.2. The van der Waals surface area contributed by atoms with Crippen molar-refractivity contribution in [3.8, 4) is 0 Å². The second-order valence-electron chi connectivity index (χ2n) is 5.04. The molecule has 1 unspecified atom stereocenters. The largest absolute Gasteiger partial charge is 0.417 e. The minimum Gasteiger partial charge on any atom is -0.408 e. The first-order chi connectivity index (χ1) is 9.07. The Labute approximate surface area is 109 Å². The number of aromatic nitrogens is 1. The number of amides is 1. The summed E-state index contributed by atoms with van der Waals surface area (Å²) in [6.45, 7) is 2.76. The molecule has 1 aromatic carbocycles. The van der Waals surface area contributed by atoms with Gasteiger partial charge in [-0.2, -0.15) is 0 Å². The summed E-state index contributed by atoms with van der Waals surface area (Å²) in [5.41, 5.74) is 1.18. The van der Waals surface area contributed by atoms with Crippen LogP contribution < -0.4 is 16.4 Å². The van der Waals surface area contributed by atoms with Crippen molar-refractivity contribution in [2.75, 3.05) is 11.9 Å². The minimum atomic E-state index is -0.515. The second-order valence-corrected chi connectivity index (χ2v) is 5.04. The third kappa shape index (κ3) is 2.15. The molecule has 0 aliphatic carbocycles. The maximum Gasteiger partial charge on any atom is 0.417 e. The number of fused-ring (bicyclic) bond motifs is 1. The lowest BCUT2D eigenvalue weighted by atomic mass is 9.99. The third-order valence-corrected chi connectivity index (χ3v) is 3.55. The number of nitrogens with one attached hydrogen (secondary N) is 3. The molecule has 3 N–H and O–H groups in total. The van der Waals surface area contributed by atoms with Crippen LogP contribution in [0.2, 0.25) is 0 Å². The Morgan fingerprint density at radius 2 is 2.32 bits per heavy atom. The van der Waals surface area contributed by atoms with E-state index in [4.69, 9.17) is 4.42 Å². The fourth-order valence-corrected chi connectivity index (χ4v) is 2.39. The summed E-state index contributed by atoms with van der Waals surface area (Å²) in [4.78, 5) is 25.8. The van der Waals surface area contributed by atoms with Crippen LogP contribution in [0.1, 0.15) is 19.8 Å². The number of carbonyl (C=O) groups excluding carboxylic acids is 1. The van der Waals surface area contributed by atoms with Crippen LogP contribution in [0, 0.1) is 0 Å². The van der Waals surface area contributed by atoms with Crippen molar-refractivity contribution < 1.29 is 9.21 Å². The number of H-pyrrole nitrogens is 1. The van der Waals surface area contributed by atoms with E-state index in [0.717, 1.165) is 19.4 Å². The molecule has 1 aliphatic heterocycles. The van der Waals surface area contributed by atoms with Crippen LogP contribution in [0.3, 0.4) is 0 Å². The van der Waals surface area contributed by atoms with Crippen LogP contribution in [0.25, 0.3) is 11.1 Å². The smallest absolute Gasteiger partial charge is 0.408 e. The van der Waals surface area contributed by atoms with Crippen molar-refractivity contribution >= 4 is 22.7 Å². The Bertz CT molecular complexity index is 680. The molecule has 2 heterocycles. The van der Waals surface area contributed by atoms with Gasteiger partial charge in [0, 0.05) is 5.69 Å². The van der Waals surface area contributed by atoms with E-state index < -0.39 is 11.3 Å². The van der Waals surface area contributed by atoms with E-state index >= 15 is 0 Å². The van der Waals surface area contributed by atoms with Crippen molar-refractivity contribution in [2.45, 2.75) is 25.3 Å². The molecule has 19 heavy (non-hydrogen) atoms. The van der Waals surface area contributed by atoms with Gasteiger partial charge >= 0.3 is 5.76 Å². The minimum absolute atomic E-state index is 0.0600. The van der Waals surface area contributed by atoms with Gasteiger partial charge in [0.15, 0.2) is 5.58 Å². The topological polar surface area (TPSA) is 87.1 Å². The van der Waals surface area contributed by atoms with E-state index in [9.17, 15) is 9.59 Å². The fourth-order valence-electron chi connectivity index (χ4n) is 2.39. The predicted molar refractivity (Wildman–Crippen MR) is 71.1 cm³/mol. The van der Waals surface area contributed by atoms with Gasteiger partial charge in [-0.3, -0.25) is 9.78 Å². The van der Waals surface area contributed by atoms with Gasteiger partial charge in [-0.25, -0.2) is 4.79 Å². The zero-order valence-electron chi connectivity index (χ0n) is 10.6. The molecule has 0 bridgehead atoms. The van der Waals surface area contributed by atoms with Crippen LogP contribution >= 0.6 is 0 Å². The second kappa shape index (κ2) is 4.24. The number of hydrogen-bond acceptors (Lipinski definition) is 4. The molecule has 6 heteroatoms. The SMILES string of the molecule is CC1(C(=O)Nc2ccc3oc(=O)[nH]c3c2)CCCN1. The molecule has 1 fully saturated rings. The summed E-state index contributed by atoms with van der Waals surface area (Å²) >= 11 is 0. The Hall–Kier alpha value is -2.08. The highest BCUT2D eigenvalue weighted by atomic mass is 16.4. The lowest BCUT2D eigenvalue weighted by Gasteiger charge is -2.22. The van der Waals surface area contributed by atoms with Crippen molar-refractivity contribution in [3.63, 3.8) is 0 Å². The molecule has 1 aliphatic rings. The molecular formula is C13H15N3O3. The number of carbonyl (C=O) groups is 1. The van der Waals surface area contributed by atoms with E-state index in [1.165, 1.54) is 0 Å². The summed E-state index contributed by atoms with van der Waals surface area (Å²) < 4.78 is 4.91.